The van der Waals surface area contributed by atoms with E-state index in [1.807, 2.05) is 18.2 Å². The van der Waals surface area contributed by atoms with E-state index in [1.165, 1.54) is 6.26 Å². The summed E-state index contributed by atoms with van der Waals surface area (Å²) in [5.41, 5.74) is 2.13. The van der Waals surface area contributed by atoms with Gasteiger partial charge in [-0.1, -0.05) is 35.9 Å². The molecule has 0 heterocycles. The Morgan fingerprint density at radius 3 is 2.30 bits per heavy atom. The van der Waals surface area contributed by atoms with Gasteiger partial charge in [-0.05, 0) is 35.4 Å². The lowest BCUT2D eigenvalue weighted by Crippen LogP contribution is -2.26. The Morgan fingerprint density at radius 2 is 1.74 bits per heavy atom. The van der Waals surface area contributed by atoms with Gasteiger partial charge >= 0.3 is 0 Å². The van der Waals surface area contributed by atoms with Crippen molar-refractivity contribution in [1.82, 2.24) is 4.90 Å². The number of rotatable bonds is 5. The molecule has 0 unspecified atom stereocenters. The van der Waals surface area contributed by atoms with Crippen LogP contribution < -0.4 is 0 Å². The minimum absolute atomic E-state index is 0.0280. The summed E-state index contributed by atoms with van der Waals surface area (Å²) in [6, 6.07) is 14.0. The van der Waals surface area contributed by atoms with E-state index < -0.39 is 9.84 Å². The van der Waals surface area contributed by atoms with E-state index >= 15 is 0 Å². The van der Waals surface area contributed by atoms with Crippen LogP contribution in [0.2, 0.25) is 5.02 Å². The van der Waals surface area contributed by atoms with Gasteiger partial charge in [0.15, 0.2) is 9.84 Å². The number of carbonyl (C=O) groups excluding carboxylic acids is 1. The second kappa shape index (κ2) is 7.15. The number of sulfone groups is 1. The molecular weight excluding hydrogens is 334 g/mol. The van der Waals surface area contributed by atoms with Crippen LogP contribution in [0.15, 0.2) is 48.5 Å². The predicted molar refractivity (Wildman–Crippen MR) is 92.2 cm³/mol. The third kappa shape index (κ3) is 5.37. The van der Waals surface area contributed by atoms with Crippen molar-refractivity contribution < 1.29 is 13.2 Å². The lowest BCUT2D eigenvalue weighted by molar-refractivity contribution is 0.0785. The van der Waals surface area contributed by atoms with Crippen LogP contribution in [0.25, 0.3) is 0 Å². The molecule has 1 amide bonds. The van der Waals surface area contributed by atoms with Crippen molar-refractivity contribution in [3.63, 3.8) is 0 Å². The second-order valence-corrected chi connectivity index (χ2v) is 8.13. The largest absolute Gasteiger partial charge is 0.337 e. The zero-order valence-corrected chi connectivity index (χ0v) is 14.6. The van der Waals surface area contributed by atoms with E-state index in [4.69, 9.17) is 11.6 Å². The standard InChI is InChI=1S/C17H18ClNO3S/c1-19(11-14-4-3-5-16(18)10-14)17(20)15-8-6-13(7-9-15)12-23(2,21)22/h3-10H,11-12H2,1-2H3. The molecule has 0 N–H and O–H groups in total. The molecule has 4 nitrogen and oxygen atoms in total. The van der Waals surface area contributed by atoms with Crippen LogP contribution in [0.4, 0.5) is 0 Å². The number of hydrogen-bond donors (Lipinski definition) is 0. The first-order valence-corrected chi connectivity index (χ1v) is 9.45. The summed E-state index contributed by atoms with van der Waals surface area (Å²) in [6.07, 6.45) is 1.19. The van der Waals surface area contributed by atoms with Crippen LogP contribution in [0.5, 0.6) is 0 Å². The molecule has 0 atom stereocenters. The van der Waals surface area contributed by atoms with Gasteiger partial charge in [-0.3, -0.25) is 4.79 Å². The first kappa shape index (κ1) is 17.5. The van der Waals surface area contributed by atoms with E-state index in [-0.39, 0.29) is 11.7 Å². The zero-order chi connectivity index (χ0) is 17.0. The molecular formula is C17H18ClNO3S. The molecule has 0 radical (unpaired) electrons. The number of hydrogen-bond acceptors (Lipinski definition) is 3. The zero-order valence-electron chi connectivity index (χ0n) is 13.0. The van der Waals surface area contributed by atoms with Gasteiger partial charge in [0.1, 0.15) is 0 Å². The third-order valence-corrected chi connectivity index (χ3v) is 4.38. The molecule has 122 valence electrons. The van der Waals surface area contributed by atoms with Gasteiger partial charge in [-0.25, -0.2) is 8.42 Å². The highest BCUT2D eigenvalue weighted by Crippen LogP contribution is 2.14. The van der Waals surface area contributed by atoms with E-state index in [0.29, 0.717) is 22.7 Å². The van der Waals surface area contributed by atoms with Gasteiger partial charge in [-0.2, -0.15) is 0 Å². The monoisotopic (exact) mass is 351 g/mol. The maximum Gasteiger partial charge on any atom is 0.253 e. The summed E-state index contributed by atoms with van der Waals surface area (Å²) in [7, 11) is -1.36. The smallest absolute Gasteiger partial charge is 0.253 e. The van der Waals surface area contributed by atoms with Crippen molar-refractivity contribution in [3.8, 4) is 0 Å². The molecule has 6 heteroatoms. The molecule has 0 fully saturated rings. The quantitative estimate of drug-likeness (QED) is 0.831. The number of nitrogens with zero attached hydrogens (tertiary/aromatic N) is 1. The molecule has 0 bridgehead atoms. The van der Waals surface area contributed by atoms with Crippen molar-refractivity contribution in [2.45, 2.75) is 12.3 Å². The van der Waals surface area contributed by atoms with Gasteiger partial charge in [0.25, 0.3) is 5.91 Å². The molecule has 2 aromatic rings. The Balaban J connectivity index is 2.07. The van der Waals surface area contributed by atoms with E-state index in [0.717, 1.165) is 5.56 Å². The molecule has 0 saturated heterocycles. The number of carbonyl (C=O) groups is 1. The SMILES string of the molecule is CN(Cc1cccc(Cl)c1)C(=O)c1ccc(CS(C)(=O)=O)cc1. The van der Waals surface area contributed by atoms with Crippen LogP contribution in [0.3, 0.4) is 0 Å². The fourth-order valence-corrected chi connectivity index (χ4v) is 3.26. The third-order valence-electron chi connectivity index (χ3n) is 3.29. The highest BCUT2D eigenvalue weighted by Gasteiger charge is 2.13. The Morgan fingerprint density at radius 1 is 1.09 bits per heavy atom. The van der Waals surface area contributed by atoms with Crippen LogP contribution in [-0.4, -0.2) is 32.5 Å². The van der Waals surface area contributed by atoms with Crippen molar-refractivity contribution in [2.75, 3.05) is 13.3 Å². The topological polar surface area (TPSA) is 54.5 Å². The molecule has 0 aromatic heterocycles. The predicted octanol–water partition coefficient (Wildman–Crippen LogP) is 3.16. The molecule has 0 aliphatic rings. The average molecular weight is 352 g/mol. The van der Waals surface area contributed by atoms with E-state index in [1.54, 1.807) is 42.3 Å². The van der Waals surface area contributed by atoms with E-state index in [9.17, 15) is 13.2 Å². The summed E-state index contributed by atoms with van der Waals surface area (Å²) in [5, 5.41) is 0.633. The summed E-state index contributed by atoms with van der Waals surface area (Å²) in [6.45, 7) is 0.449. The highest BCUT2D eigenvalue weighted by molar-refractivity contribution is 7.89. The molecule has 0 aliphatic carbocycles. The van der Waals surface area contributed by atoms with Gasteiger partial charge in [0, 0.05) is 30.4 Å². The molecule has 0 spiro atoms. The normalized spacial score (nSPS) is 11.3. The number of benzene rings is 2. The lowest BCUT2D eigenvalue weighted by atomic mass is 10.1. The summed E-state index contributed by atoms with van der Waals surface area (Å²) < 4.78 is 22.5. The van der Waals surface area contributed by atoms with Gasteiger partial charge in [0.05, 0.1) is 5.75 Å². The summed E-state index contributed by atoms with van der Waals surface area (Å²) in [4.78, 5) is 14.0. The molecule has 2 aromatic carbocycles. The van der Waals surface area contributed by atoms with Gasteiger partial charge < -0.3 is 4.90 Å². The Hall–Kier alpha value is -1.85. The van der Waals surface area contributed by atoms with Crippen molar-refractivity contribution in [1.29, 1.82) is 0 Å². The van der Waals surface area contributed by atoms with Crippen molar-refractivity contribution in [3.05, 3.63) is 70.2 Å². The minimum atomic E-state index is -3.08. The minimum Gasteiger partial charge on any atom is -0.337 e. The first-order chi connectivity index (χ1) is 10.7. The molecule has 2 rings (SSSR count). The maximum atomic E-state index is 12.4. The fraction of sp³-hybridized carbons (Fsp3) is 0.235. The second-order valence-electron chi connectivity index (χ2n) is 5.56. The van der Waals surface area contributed by atoms with Gasteiger partial charge in [0.2, 0.25) is 0 Å². The molecule has 0 aliphatic heterocycles. The number of halogens is 1. The highest BCUT2D eigenvalue weighted by atomic mass is 35.5. The van der Waals surface area contributed by atoms with Crippen LogP contribution in [0.1, 0.15) is 21.5 Å². The van der Waals surface area contributed by atoms with Crippen LogP contribution >= 0.6 is 11.6 Å². The fourth-order valence-electron chi connectivity index (χ4n) is 2.25. The summed E-state index contributed by atoms with van der Waals surface area (Å²) >= 11 is 5.94. The Kier molecular flexibility index (Phi) is 5.44. The summed E-state index contributed by atoms with van der Waals surface area (Å²) in [5.74, 6) is -0.157. The van der Waals surface area contributed by atoms with E-state index in [2.05, 4.69) is 0 Å². The average Bonchev–Trinajstić information content (AvgIpc) is 2.45. The Labute approximate surface area is 141 Å². The lowest BCUT2D eigenvalue weighted by Gasteiger charge is -2.17. The van der Waals surface area contributed by atoms with Gasteiger partial charge in [-0.15, -0.1) is 0 Å². The maximum absolute atomic E-state index is 12.4. The number of amides is 1. The van der Waals surface area contributed by atoms with Crippen molar-refractivity contribution >= 4 is 27.3 Å². The Bertz CT molecular complexity index is 801. The first-order valence-electron chi connectivity index (χ1n) is 7.01. The molecule has 23 heavy (non-hydrogen) atoms. The van der Waals surface area contributed by atoms with Crippen molar-refractivity contribution in [2.24, 2.45) is 0 Å². The van der Waals surface area contributed by atoms with Crippen LogP contribution in [0, 0.1) is 0 Å². The van der Waals surface area contributed by atoms with Crippen LogP contribution in [-0.2, 0) is 22.1 Å². The molecule has 0 saturated carbocycles.